The molecule has 0 aromatic carbocycles. The second kappa shape index (κ2) is 6.04. The van der Waals surface area contributed by atoms with Gasteiger partial charge in [0.1, 0.15) is 0 Å². The highest BCUT2D eigenvalue weighted by Gasteiger charge is 2.36. The number of hydrogen-bond donors (Lipinski definition) is 2. The Kier molecular flexibility index (Phi) is 4.95. The smallest absolute Gasteiger partial charge is 0.317 e. The number of aliphatic carboxylic acids is 1. The van der Waals surface area contributed by atoms with Crippen molar-refractivity contribution in [1.82, 2.24) is 15.1 Å². The number of carbonyl (C=O) groups excluding carboxylic acids is 1. The molecular weight excluding hydrogens is 234 g/mol. The molecule has 2 N–H and O–H groups in total. The standard InChI is InChI=1S/C12H23N3O3/c1-8-6-15(7-10(8)11(16)17)12(18)13-5-9(2)14(3)4/h8-10H,5-7H2,1-4H3,(H,13,18)(H,16,17)/t8-,9?,10-/m1/s1. The number of amides is 2. The highest BCUT2D eigenvalue weighted by molar-refractivity contribution is 5.77. The molecule has 104 valence electrons. The number of rotatable bonds is 4. The summed E-state index contributed by atoms with van der Waals surface area (Å²) in [4.78, 5) is 26.5. The predicted octanol–water partition coefficient (Wildman–Crippen LogP) is 0.299. The molecule has 1 saturated heterocycles. The van der Waals surface area contributed by atoms with Crippen LogP contribution in [0.4, 0.5) is 4.79 Å². The van der Waals surface area contributed by atoms with Gasteiger partial charge in [0.05, 0.1) is 5.92 Å². The van der Waals surface area contributed by atoms with E-state index in [9.17, 15) is 9.59 Å². The zero-order chi connectivity index (χ0) is 13.9. The monoisotopic (exact) mass is 257 g/mol. The van der Waals surface area contributed by atoms with Crippen molar-refractivity contribution in [2.24, 2.45) is 11.8 Å². The minimum atomic E-state index is -0.820. The minimum absolute atomic E-state index is 0.0134. The number of likely N-dealkylation sites (tertiary alicyclic amines) is 1. The van der Waals surface area contributed by atoms with Crippen molar-refractivity contribution in [3.05, 3.63) is 0 Å². The summed E-state index contributed by atoms with van der Waals surface area (Å²) < 4.78 is 0. The van der Waals surface area contributed by atoms with E-state index in [-0.39, 0.29) is 18.0 Å². The van der Waals surface area contributed by atoms with Crippen LogP contribution in [0.3, 0.4) is 0 Å². The first-order chi connectivity index (χ1) is 8.32. The Morgan fingerprint density at radius 2 is 2.06 bits per heavy atom. The van der Waals surface area contributed by atoms with E-state index in [0.29, 0.717) is 19.6 Å². The van der Waals surface area contributed by atoms with Crippen LogP contribution in [0.1, 0.15) is 13.8 Å². The molecule has 0 aromatic rings. The Morgan fingerprint density at radius 1 is 1.44 bits per heavy atom. The fraction of sp³-hybridized carbons (Fsp3) is 0.833. The van der Waals surface area contributed by atoms with Gasteiger partial charge in [-0.3, -0.25) is 4.79 Å². The maximum atomic E-state index is 11.9. The largest absolute Gasteiger partial charge is 0.481 e. The Morgan fingerprint density at radius 3 is 2.50 bits per heavy atom. The fourth-order valence-corrected chi connectivity index (χ4v) is 1.98. The topological polar surface area (TPSA) is 72.9 Å². The lowest BCUT2D eigenvalue weighted by Crippen LogP contribution is -2.44. The summed E-state index contributed by atoms with van der Waals surface area (Å²) in [5.41, 5.74) is 0. The molecule has 1 heterocycles. The first kappa shape index (κ1) is 14.8. The van der Waals surface area contributed by atoms with E-state index >= 15 is 0 Å². The SMILES string of the molecule is CC(CNC(=O)N1C[C@@H](C)[C@H](C(=O)O)C1)N(C)C. The third kappa shape index (κ3) is 3.60. The van der Waals surface area contributed by atoms with Crippen LogP contribution in [-0.4, -0.2) is 66.7 Å². The van der Waals surface area contributed by atoms with Crippen molar-refractivity contribution in [3.63, 3.8) is 0 Å². The van der Waals surface area contributed by atoms with E-state index in [1.54, 1.807) is 4.90 Å². The number of likely N-dealkylation sites (N-methyl/N-ethyl adjacent to an activating group) is 1. The quantitative estimate of drug-likeness (QED) is 0.759. The Bertz CT molecular complexity index is 320. The molecule has 1 unspecified atom stereocenters. The van der Waals surface area contributed by atoms with E-state index in [1.165, 1.54) is 0 Å². The van der Waals surface area contributed by atoms with E-state index < -0.39 is 11.9 Å². The number of carbonyl (C=O) groups is 2. The number of carboxylic acids is 1. The zero-order valence-corrected chi connectivity index (χ0v) is 11.5. The third-order valence-corrected chi connectivity index (χ3v) is 3.65. The van der Waals surface area contributed by atoms with Crippen LogP contribution in [0.2, 0.25) is 0 Å². The van der Waals surface area contributed by atoms with Crippen LogP contribution in [0, 0.1) is 11.8 Å². The molecule has 18 heavy (non-hydrogen) atoms. The van der Waals surface area contributed by atoms with Gasteiger partial charge in [-0.05, 0) is 26.9 Å². The van der Waals surface area contributed by atoms with Crippen LogP contribution >= 0.6 is 0 Å². The molecule has 6 nitrogen and oxygen atoms in total. The minimum Gasteiger partial charge on any atom is -0.481 e. The number of hydrogen-bond acceptors (Lipinski definition) is 3. The van der Waals surface area contributed by atoms with Crippen LogP contribution in [0.25, 0.3) is 0 Å². The van der Waals surface area contributed by atoms with Crippen molar-refractivity contribution < 1.29 is 14.7 Å². The Balaban J connectivity index is 2.42. The summed E-state index contributed by atoms with van der Waals surface area (Å²) in [7, 11) is 3.91. The van der Waals surface area contributed by atoms with Gasteiger partial charge < -0.3 is 20.2 Å². The van der Waals surface area contributed by atoms with Gasteiger partial charge in [-0.25, -0.2) is 4.79 Å². The molecule has 0 saturated carbocycles. The summed E-state index contributed by atoms with van der Waals surface area (Å²) >= 11 is 0. The van der Waals surface area contributed by atoms with E-state index in [1.807, 2.05) is 32.8 Å². The number of nitrogens with one attached hydrogen (secondary N) is 1. The maximum Gasteiger partial charge on any atom is 0.317 e. The molecule has 0 radical (unpaired) electrons. The van der Waals surface area contributed by atoms with Crippen molar-refractivity contribution in [3.8, 4) is 0 Å². The average molecular weight is 257 g/mol. The second-order valence-corrected chi connectivity index (χ2v) is 5.33. The summed E-state index contributed by atoms with van der Waals surface area (Å²) in [6, 6.07) is 0.0866. The van der Waals surface area contributed by atoms with Gasteiger partial charge in [0.2, 0.25) is 0 Å². The zero-order valence-electron chi connectivity index (χ0n) is 11.5. The maximum absolute atomic E-state index is 11.9. The van der Waals surface area contributed by atoms with E-state index in [4.69, 9.17) is 5.11 Å². The molecule has 3 atom stereocenters. The predicted molar refractivity (Wildman–Crippen MR) is 68.4 cm³/mol. The van der Waals surface area contributed by atoms with Gasteiger partial charge >= 0.3 is 12.0 Å². The van der Waals surface area contributed by atoms with Crippen molar-refractivity contribution in [1.29, 1.82) is 0 Å². The lowest BCUT2D eigenvalue weighted by Gasteiger charge is -2.22. The Labute approximate surface area is 108 Å². The molecule has 1 aliphatic rings. The Hall–Kier alpha value is -1.30. The normalized spacial score (nSPS) is 25.3. The number of carboxylic acid groups (broad SMARTS) is 1. The number of urea groups is 1. The molecule has 0 bridgehead atoms. The summed E-state index contributed by atoms with van der Waals surface area (Å²) in [5, 5.41) is 11.8. The molecule has 0 aromatic heterocycles. The van der Waals surface area contributed by atoms with Crippen LogP contribution in [0.15, 0.2) is 0 Å². The van der Waals surface area contributed by atoms with Crippen molar-refractivity contribution in [2.45, 2.75) is 19.9 Å². The van der Waals surface area contributed by atoms with Crippen LogP contribution in [0.5, 0.6) is 0 Å². The summed E-state index contributed by atoms with van der Waals surface area (Å²) in [6.45, 7) is 5.27. The number of nitrogens with zero attached hydrogens (tertiary/aromatic N) is 2. The second-order valence-electron chi connectivity index (χ2n) is 5.33. The molecule has 1 rings (SSSR count). The molecule has 0 spiro atoms. The third-order valence-electron chi connectivity index (χ3n) is 3.65. The molecule has 1 aliphatic heterocycles. The first-order valence-corrected chi connectivity index (χ1v) is 6.25. The highest BCUT2D eigenvalue weighted by Crippen LogP contribution is 2.22. The lowest BCUT2D eigenvalue weighted by molar-refractivity contribution is -0.142. The molecule has 2 amide bonds. The summed E-state index contributed by atoms with van der Waals surface area (Å²) in [6.07, 6.45) is 0. The highest BCUT2D eigenvalue weighted by atomic mass is 16.4. The van der Waals surface area contributed by atoms with Gasteiger partial charge in [-0.1, -0.05) is 6.92 Å². The van der Waals surface area contributed by atoms with E-state index in [2.05, 4.69) is 5.32 Å². The summed E-state index contributed by atoms with van der Waals surface area (Å²) in [5.74, 6) is -1.25. The van der Waals surface area contributed by atoms with Gasteiger partial charge in [0.15, 0.2) is 0 Å². The van der Waals surface area contributed by atoms with Crippen molar-refractivity contribution in [2.75, 3.05) is 33.7 Å². The lowest BCUT2D eigenvalue weighted by atomic mass is 9.99. The van der Waals surface area contributed by atoms with Gasteiger partial charge in [0.25, 0.3) is 0 Å². The average Bonchev–Trinajstić information content (AvgIpc) is 2.67. The van der Waals surface area contributed by atoms with Gasteiger partial charge in [-0.2, -0.15) is 0 Å². The van der Waals surface area contributed by atoms with Crippen molar-refractivity contribution >= 4 is 12.0 Å². The van der Waals surface area contributed by atoms with Gasteiger partial charge in [-0.15, -0.1) is 0 Å². The fourth-order valence-electron chi connectivity index (χ4n) is 1.98. The molecule has 1 fully saturated rings. The van der Waals surface area contributed by atoms with Crippen LogP contribution < -0.4 is 5.32 Å². The van der Waals surface area contributed by atoms with Gasteiger partial charge in [0, 0.05) is 25.7 Å². The molecular formula is C12H23N3O3. The molecule has 0 aliphatic carbocycles. The first-order valence-electron chi connectivity index (χ1n) is 6.25. The van der Waals surface area contributed by atoms with Crippen LogP contribution in [-0.2, 0) is 4.79 Å². The molecule has 6 heteroatoms. The van der Waals surface area contributed by atoms with E-state index in [0.717, 1.165) is 0 Å².